The zero-order chi connectivity index (χ0) is 12.3. The molecule has 1 heterocycles. The molecule has 2 atom stereocenters. The number of thioether (sulfide) groups is 1. The van der Waals surface area contributed by atoms with Gasteiger partial charge in [0.15, 0.2) is 0 Å². The molecule has 0 spiro atoms. The van der Waals surface area contributed by atoms with Gasteiger partial charge in [0.05, 0.1) is 0 Å². The standard InChI is InChI=1S/C15H23NS/c1-4-16-15(14-6-5-9-17-14)13-8-7-11(2)12(3)10-13/h7-8,10,14-16H,4-6,9H2,1-3H3. The van der Waals surface area contributed by atoms with Crippen LogP contribution >= 0.6 is 11.8 Å². The fourth-order valence-electron chi connectivity index (χ4n) is 2.51. The quantitative estimate of drug-likeness (QED) is 0.870. The molecule has 1 aromatic rings. The highest BCUT2D eigenvalue weighted by Crippen LogP contribution is 2.36. The Bertz CT molecular complexity index is 369. The molecule has 0 bridgehead atoms. The second-order valence-corrected chi connectivity index (χ2v) is 6.28. The first-order chi connectivity index (χ1) is 8.22. The van der Waals surface area contributed by atoms with Crippen molar-refractivity contribution in [3.05, 3.63) is 34.9 Å². The monoisotopic (exact) mass is 249 g/mol. The van der Waals surface area contributed by atoms with E-state index in [0.29, 0.717) is 6.04 Å². The van der Waals surface area contributed by atoms with E-state index in [0.717, 1.165) is 11.8 Å². The van der Waals surface area contributed by atoms with Crippen LogP contribution in [-0.2, 0) is 0 Å². The van der Waals surface area contributed by atoms with Crippen LogP contribution in [0.4, 0.5) is 0 Å². The van der Waals surface area contributed by atoms with E-state index in [1.165, 1.54) is 35.3 Å². The third-order valence-corrected chi connectivity index (χ3v) is 5.11. The van der Waals surface area contributed by atoms with E-state index in [2.05, 4.69) is 56.0 Å². The van der Waals surface area contributed by atoms with Gasteiger partial charge in [-0.25, -0.2) is 0 Å². The highest BCUT2D eigenvalue weighted by molar-refractivity contribution is 8.00. The van der Waals surface area contributed by atoms with Gasteiger partial charge in [-0.3, -0.25) is 0 Å². The van der Waals surface area contributed by atoms with Crippen molar-refractivity contribution in [3.8, 4) is 0 Å². The van der Waals surface area contributed by atoms with Crippen LogP contribution in [0.1, 0.15) is 42.5 Å². The highest BCUT2D eigenvalue weighted by Gasteiger charge is 2.26. The van der Waals surface area contributed by atoms with Crippen LogP contribution < -0.4 is 5.32 Å². The Hall–Kier alpha value is -0.470. The maximum Gasteiger partial charge on any atom is 0.0440 e. The maximum absolute atomic E-state index is 3.67. The zero-order valence-corrected chi connectivity index (χ0v) is 11.9. The average Bonchev–Trinajstić information content (AvgIpc) is 2.83. The van der Waals surface area contributed by atoms with Crippen LogP contribution in [0.15, 0.2) is 18.2 Å². The number of rotatable bonds is 4. The second kappa shape index (κ2) is 5.92. The Labute approximate surface area is 109 Å². The summed E-state index contributed by atoms with van der Waals surface area (Å²) in [6.07, 6.45) is 2.73. The van der Waals surface area contributed by atoms with Crippen molar-refractivity contribution in [2.24, 2.45) is 0 Å². The Balaban J connectivity index is 2.21. The molecule has 0 aliphatic carbocycles. The van der Waals surface area contributed by atoms with Gasteiger partial charge in [0, 0.05) is 11.3 Å². The Morgan fingerprint density at radius 2 is 2.18 bits per heavy atom. The van der Waals surface area contributed by atoms with Gasteiger partial charge in [-0.2, -0.15) is 11.8 Å². The van der Waals surface area contributed by atoms with Crippen molar-refractivity contribution in [2.45, 2.75) is 44.9 Å². The molecule has 1 aromatic carbocycles. The summed E-state index contributed by atoms with van der Waals surface area (Å²) in [7, 11) is 0. The summed E-state index contributed by atoms with van der Waals surface area (Å²) in [6, 6.07) is 7.46. The Morgan fingerprint density at radius 1 is 1.35 bits per heavy atom. The molecular weight excluding hydrogens is 226 g/mol. The van der Waals surface area contributed by atoms with Crippen molar-refractivity contribution >= 4 is 11.8 Å². The first-order valence-electron chi connectivity index (χ1n) is 6.64. The van der Waals surface area contributed by atoms with E-state index >= 15 is 0 Å². The number of hydrogen-bond acceptors (Lipinski definition) is 2. The van der Waals surface area contributed by atoms with Crippen LogP contribution in [0.2, 0.25) is 0 Å². The van der Waals surface area contributed by atoms with Gasteiger partial charge in [0.2, 0.25) is 0 Å². The molecule has 94 valence electrons. The minimum absolute atomic E-state index is 0.534. The van der Waals surface area contributed by atoms with Gasteiger partial charge < -0.3 is 5.32 Å². The lowest BCUT2D eigenvalue weighted by Gasteiger charge is -2.24. The van der Waals surface area contributed by atoms with Crippen LogP contribution in [-0.4, -0.2) is 17.5 Å². The van der Waals surface area contributed by atoms with Crippen molar-refractivity contribution in [3.63, 3.8) is 0 Å². The van der Waals surface area contributed by atoms with Gasteiger partial charge >= 0.3 is 0 Å². The minimum Gasteiger partial charge on any atom is -0.309 e. The van der Waals surface area contributed by atoms with Crippen LogP contribution in [0.3, 0.4) is 0 Å². The molecule has 1 fully saturated rings. The number of hydrogen-bond donors (Lipinski definition) is 1. The minimum atomic E-state index is 0.534. The summed E-state index contributed by atoms with van der Waals surface area (Å²) in [4.78, 5) is 0. The van der Waals surface area contributed by atoms with E-state index < -0.39 is 0 Å². The predicted octanol–water partition coefficient (Wildman–Crippen LogP) is 3.85. The average molecular weight is 249 g/mol. The predicted molar refractivity (Wildman–Crippen MR) is 77.8 cm³/mol. The molecule has 1 N–H and O–H groups in total. The van der Waals surface area contributed by atoms with Crippen molar-refractivity contribution in [2.75, 3.05) is 12.3 Å². The van der Waals surface area contributed by atoms with Crippen molar-refractivity contribution in [1.82, 2.24) is 5.32 Å². The van der Waals surface area contributed by atoms with Gasteiger partial charge in [-0.1, -0.05) is 25.1 Å². The molecular formula is C15H23NS. The van der Waals surface area contributed by atoms with Crippen LogP contribution in [0, 0.1) is 13.8 Å². The lowest BCUT2D eigenvalue weighted by atomic mass is 9.97. The molecule has 1 aliphatic rings. The van der Waals surface area contributed by atoms with E-state index in [1.807, 2.05) is 0 Å². The number of nitrogens with one attached hydrogen (secondary N) is 1. The number of benzene rings is 1. The fraction of sp³-hybridized carbons (Fsp3) is 0.600. The molecule has 2 heteroatoms. The topological polar surface area (TPSA) is 12.0 Å². The van der Waals surface area contributed by atoms with Crippen molar-refractivity contribution < 1.29 is 0 Å². The van der Waals surface area contributed by atoms with E-state index in [9.17, 15) is 0 Å². The van der Waals surface area contributed by atoms with Crippen molar-refractivity contribution in [1.29, 1.82) is 0 Å². The molecule has 0 radical (unpaired) electrons. The molecule has 2 unspecified atom stereocenters. The highest BCUT2D eigenvalue weighted by atomic mass is 32.2. The summed E-state index contributed by atoms with van der Waals surface area (Å²) < 4.78 is 0. The van der Waals surface area contributed by atoms with E-state index in [1.54, 1.807) is 0 Å². The third-order valence-electron chi connectivity index (χ3n) is 3.65. The fourth-order valence-corrected chi connectivity index (χ4v) is 3.92. The second-order valence-electron chi connectivity index (χ2n) is 4.93. The summed E-state index contributed by atoms with van der Waals surface area (Å²) in [5.74, 6) is 1.33. The van der Waals surface area contributed by atoms with Gasteiger partial charge in [-0.05, 0) is 55.7 Å². The third kappa shape index (κ3) is 3.05. The van der Waals surface area contributed by atoms with E-state index in [-0.39, 0.29) is 0 Å². The van der Waals surface area contributed by atoms with Crippen LogP contribution in [0.25, 0.3) is 0 Å². The van der Waals surface area contributed by atoms with Gasteiger partial charge in [-0.15, -0.1) is 0 Å². The lowest BCUT2D eigenvalue weighted by Crippen LogP contribution is -2.28. The molecule has 0 saturated carbocycles. The molecule has 1 nitrogen and oxygen atoms in total. The summed E-state index contributed by atoms with van der Waals surface area (Å²) in [6.45, 7) is 7.65. The zero-order valence-electron chi connectivity index (χ0n) is 11.1. The smallest absolute Gasteiger partial charge is 0.0440 e. The largest absolute Gasteiger partial charge is 0.309 e. The summed E-state index contributed by atoms with van der Waals surface area (Å²) in [5.41, 5.74) is 4.27. The molecule has 0 aromatic heterocycles. The molecule has 2 rings (SSSR count). The number of aryl methyl sites for hydroxylation is 2. The normalized spacial score (nSPS) is 21.7. The molecule has 17 heavy (non-hydrogen) atoms. The Morgan fingerprint density at radius 3 is 2.76 bits per heavy atom. The Kier molecular flexibility index (Phi) is 4.52. The first-order valence-corrected chi connectivity index (χ1v) is 7.69. The first kappa shape index (κ1) is 13.0. The summed E-state index contributed by atoms with van der Waals surface area (Å²) >= 11 is 2.13. The van der Waals surface area contributed by atoms with Crippen LogP contribution in [0.5, 0.6) is 0 Å². The molecule has 1 aliphatic heterocycles. The van der Waals surface area contributed by atoms with E-state index in [4.69, 9.17) is 0 Å². The molecule has 0 amide bonds. The van der Waals surface area contributed by atoms with Gasteiger partial charge in [0.1, 0.15) is 0 Å². The van der Waals surface area contributed by atoms with Gasteiger partial charge in [0.25, 0.3) is 0 Å². The lowest BCUT2D eigenvalue weighted by molar-refractivity contribution is 0.519. The maximum atomic E-state index is 3.67. The molecule has 1 saturated heterocycles. The summed E-state index contributed by atoms with van der Waals surface area (Å²) in [5, 5.41) is 4.43. The SMILES string of the molecule is CCNC(c1ccc(C)c(C)c1)C1CCCS1.